The number of nitrogens with zero attached hydrogens (tertiary/aromatic N) is 3. The highest BCUT2D eigenvalue weighted by Crippen LogP contribution is 2.33. The van der Waals surface area contributed by atoms with Crippen LogP contribution in [0.2, 0.25) is 0 Å². The Balaban J connectivity index is 3.10. The summed E-state index contributed by atoms with van der Waals surface area (Å²) in [4.78, 5) is 0. The van der Waals surface area contributed by atoms with Gasteiger partial charge in [-0.2, -0.15) is 0 Å². The molecule has 1 rings (SSSR count). The van der Waals surface area contributed by atoms with Crippen LogP contribution < -0.4 is 5.32 Å². The molecule has 0 spiro atoms. The van der Waals surface area contributed by atoms with E-state index in [1.54, 1.807) is 18.0 Å². The fraction of sp³-hybridized carbons (Fsp3) is 0.818. The van der Waals surface area contributed by atoms with Gasteiger partial charge in [-0.05, 0) is 19.9 Å². The van der Waals surface area contributed by atoms with E-state index in [9.17, 15) is 0 Å². The number of hydrogen-bond acceptors (Lipinski definition) is 4. The monoisotopic (exact) mass is 226 g/mol. The normalized spacial score (nSPS) is 14.1. The van der Waals surface area contributed by atoms with Crippen molar-refractivity contribution in [2.24, 2.45) is 7.05 Å². The first-order valence-corrected chi connectivity index (χ1v) is 5.72. The number of likely N-dealkylation sites (N-methyl/N-ethyl adjacent to an activating group) is 1. The quantitative estimate of drug-likeness (QED) is 0.794. The van der Waals surface area contributed by atoms with E-state index in [1.165, 1.54) is 0 Å². The molecule has 0 radical (unpaired) electrons. The smallest absolute Gasteiger partial charge is 0.0883 e. The maximum Gasteiger partial charge on any atom is 0.0883 e. The SMILES string of the molecule is CCC(CC)(OC)C(NC)c1cnnn1C. The van der Waals surface area contributed by atoms with Gasteiger partial charge in [-0.3, -0.25) is 4.68 Å². The molecule has 1 heterocycles. The van der Waals surface area contributed by atoms with E-state index in [0.29, 0.717) is 0 Å². The van der Waals surface area contributed by atoms with Crippen molar-refractivity contribution in [2.75, 3.05) is 14.2 Å². The molecule has 0 saturated heterocycles. The van der Waals surface area contributed by atoms with Crippen LogP contribution in [-0.2, 0) is 11.8 Å². The van der Waals surface area contributed by atoms with E-state index in [4.69, 9.17) is 4.74 Å². The molecule has 1 N–H and O–H groups in total. The van der Waals surface area contributed by atoms with Crippen molar-refractivity contribution in [3.63, 3.8) is 0 Å². The molecule has 0 bridgehead atoms. The fourth-order valence-electron chi connectivity index (χ4n) is 2.30. The van der Waals surface area contributed by atoms with Crippen molar-refractivity contribution >= 4 is 0 Å². The summed E-state index contributed by atoms with van der Waals surface area (Å²) >= 11 is 0. The molecule has 0 aliphatic rings. The third kappa shape index (κ3) is 2.10. The molecule has 0 aliphatic heterocycles. The summed E-state index contributed by atoms with van der Waals surface area (Å²) in [7, 11) is 5.61. The fourth-order valence-corrected chi connectivity index (χ4v) is 2.30. The summed E-state index contributed by atoms with van der Waals surface area (Å²) < 4.78 is 7.53. The highest BCUT2D eigenvalue weighted by atomic mass is 16.5. The van der Waals surface area contributed by atoms with Crippen molar-refractivity contribution in [3.8, 4) is 0 Å². The molecule has 0 aromatic carbocycles. The van der Waals surface area contributed by atoms with Crippen LogP contribution in [0.4, 0.5) is 0 Å². The van der Waals surface area contributed by atoms with Crippen LogP contribution in [0, 0.1) is 0 Å². The average molecular weight is 226 g/mol. The topological polar surface area (TPSA) is 52.0 Å². The molecule has 0 saturated carbocycles. The van der Waals surface area contributed by atoms with Gasteiger partial charge in [-0.1, -0.05) is 19.1 Å². The molecule has 0 fully saturated rings. The Morgan fingerprint density at radius 3 is 2.44 bits per heavy atom. The van der Waals surface area contributed by atoms with Gasteiger partial charge >= 0.3 is 0 Å². The molecular weight excluding hydrogens is 204 g/mol. The number of rotatable bonds is 6. The van der Waals surface area contributed by atoms with Gasteiger partial charge in [-0.25, -0.2) is 0 Å². The summed E-state index contributed by atoms with van der Waals surface area (Å²) in [6.07, 6.45) is 3.67. The number of aromatic nitrogens is 3. The zero-order valence-electron chi connectivity index (χ0n) is 10.8. The van der Waals surface area contributed by atoms with Crippen LogP contribution in [-0.4, -0.2) is 34.8 Å². The van der Waals surface area contributed by atoms with Crippen LogP contribution in [0.1, 0.15) is 38.4 Å². The molecule has 16 heavy (non-hydrogen) atoms. The lowest BCUT2D eigenvalue weighted by Gasteiger charge is -2.38. The van der Waals surface area contributed by atoms with E-state index >= 15 is 0 Å². The van der Waals surface area contributed by atoms with Crippen molar-refractivity contribution in [1.29, 1.82) is 0 Å². The summed E-state index contributed by atoms with van der Waals surface area (Å²) in [5.74, 6) is 0. The number of methoxy groups -OCH3 is 1. The van der Waals surface area contributed by atoms with Gasteiger partial charge in [0.2, 0.25) is 0 Å². The summed E-state index contributed by atoms with van der Waals surface area (Å²) in [5, 5.41) is 11.2. The molecule has 92 valence electrons. The van der Waals surface area contributed by atoms with E-state index in [1.807, 2.05) is 14.1 Å². The molecule has 0 aliphatic carbocycles. The second-order valence-corrected chi connectivity index (χ2v) is 3.98. The largest absolute Gasteiger partial charge is 0.376 e. The van der Waals surface area contributed by atoms with Gasteiger partial charge in [-0.15, -0.1) is 5.10 Å². The molecule has 1 unspecified atom stereocenters. The maximum atomic E-state index is 5.74. The average Bonchev–Trinajstić information content (AvgIpc) is 2.72. The molecule has 1 aromatic rings. The minimum atomic E-state index is -0.204. The van der Waals surface area contributed by atoms with Gasteiger partial charge in [0.15, 0.2) is 0 Å². The van der Waals surface area contributed by atoms with Crippen molar-refractivity contribution in [2.45, 2.75) is 38.3 Å². The standard InChI is InChI=1S/C11H22N4O/c1-6-11(7-2,16-5)10(12-3)9-8-13-14-15(9)4/h8,10,12H,6-7H2,1-5H3. The predicted molar refractivity (Wildman–Crippen MR) is 63.1 cm³/mol. The molecule has 5 nitrogen and oxygen atoms in total. The zero-order chi connectivity index (χ0) is 12.2. The molecular formula is C11H22N4O. The lowest BCUT2D eigenvalue weighted by atomic mass is 9.86. The Morgan fingerprint density at radius 2 is 2.12 bits per heavy atom. The maximum absolute atomic E-state index is 5.74. The van der Waals surface area contributed by atoms with E-state index < -0.39 is 0 Å². The third-order valence-electron chi connectivity index (χ3n) is 3.46. The van der Waals surface area contributed by atoms with E-state index in [2.05, 4.69) is 29.5 Å². The summed E-state index contributed by atoms with van der Waals surface area (Å²) in [5.41, 5.74) is 0.845. The lowest BCUT2D eigenvalue weighted by molar-refractivity contribution is -0.0486. The third-order valence-corrected chi connectivity index (χ3v) is 3.46. The summed E-state index contributed by atoms with van der Waals surface area (Å²) in [6.45, 7) is 4.28. The van der Waals surface area contributed by atoms with Crippen LogP contribution in [0.3, 0.4) is 0 Å². The van der Waals surface area contributed by atoms with Crippen LogP contribution in [0.15, 0.2) is 6.20 Å². The Morgan fingerprint density at radius 1 is 1.50 bits per heavy atom. The molecule has 1 atom stereocenters. The van der Waals surface area contributed by atoms with Gasteiger partial charge in [0.05, 0.1) is 23.5 Å². The number of aryl methyl sites for hydroxylation is 1. The van der Waals surface area contributed by atoms with Crippen LogP contribution >= 0.6 is 0 Å². The van der Waals surface area contributed by atoms with E-state index in [-0.39, 0.29) is 11.6 Å². The highest BCUT2D eigenvalue weighted by Gasteiger charge is 2.37. The number of nitrogens with one attached hydrogen (secondary N) is 1. The van der Waals surface area contributed by atoms with Crippen molar-refractivity contribution in [3.05, 3.63) is 11.9 Å². The van der Waals surface area contributed by atoms with Crippen molar-refractivity contribution < 1.29 is 4.74 Å². The predicted octanol–water partition coefficient (Wildman–Crippen LogP) is 1.28. The van der Waals surface area contributed by atoms with Crippen LogP contribution in [0.25, 0.3) is 0 Å². The minimum Gasteiger partial charge on any atom is -0.376 e. The number of hydrogen-bond donors (Lipinski definition) is 1. The summed E-state index contributed by atoms with van der Waals surface area (Å²) in [6, 6.07) is 0.104. The van der Waals surface area contributed by atoms with Gasteiger partial charge in [0, 0.05) is 14.2 Å². The highest BCUT2D eigenvalue weighted by molar-refractivity contribution is 5.09. The second kappa shape index (κ2) is 5.41. The molecule has 5 heteroatoms. The number of ether oxygens (including phenoxy) is 1. The lowest BCUT2D eigenvalue weighted by Crippen LogP contribution is -2.44. The second-order valence-electron chi connectivity index (χ2n) is 3.98. The Hall–Kier alpha value is -0.940. The molecule has 1 aromatic heterocycles. The first kappa shape index (κ1) is 13.1. The van der Waals surface area contributed by atoms with Gasteiger partial charge in [0.1, 0.15) is 0 Å². The Labute approximate surface area is 97.2 Å². The zero-order valence-corrected chi connectivity index (χ0v) is 10.8. The van der Waals surface area contributed by atoms with Gasteiger partial charge < -0.3 is 10.1 Å². The Bertz CT molecular complexity index is 311. The first-order valence-electron chi connectivity index (χ1n) is 5.72. The minimum absolute atomic E-state index is 0.104. The molecule has 0 amide bonds. The van der Waals surface area contributed by atoms with E-state index in [0.717, 1.165) is 18.5 Å². The van der Waals surface area contributed by atoms with Crippen LogP contribution in [0.5, 0.6) is 0 Å². The van der Waals surface area contributed by atoms with Gasteiger partial charge in [0.25, 0.3) is 0 Å². The van der Waals surface area contributed by atoms with Crippen molar-refractivity contribution in [1.82, 2.24) is 20.3 Å². The first-order chi connectivity index (χ1) is 7.65. The Kier molecular flexibility index (Phi) is 4.44.